The van der Waals surface area contributed by atoms with Gasteiger partial charge in [0.15, 0.2) is 5.78 Å². The molecule has 0 amide bonds. The molecule has 3 rings (SSSR count). The Morgan fingerprint density at radius 3 is 2.33 bits per heavy atom. The first-order valence-electron chi connectivity index (χ1n) is 6.93. The molecule has 21 heavy (non-hydrogen) atoms. The van der Waals surface area contributed by atoms with E-state index in [1.54, 1.807) is 6.08 Å². The maximum Gasteiger partial charge on any atom is 0.209 e. The molecule has 1 aromatic carbocycles. The molecule has 0 spiro atoms. The number of ether oxygens (including phenoxy) is 1. The molecule has 1 N–H and O–H groups in total. The molecule has 0 saturated heterocycles. The number of benzene rings is 1. The lowest BCUT2D eigenvalue weighted by molar-refractivity contribution is -0.149. The third-order valence-corrected chi connectivity index (χ3v) is 4.96. The highest BCUT2D eigenvalue weighted by Gasteiger charge is 2.88. The number of hydrogen-bond acceptors (Lipinski definition) is 4. The van der Waals surface area contributed by atoms with Gasteiger partial charge in [-0.2, -0.15) is 0 Å². The number of fused-ring (bicyclic) bond motifs is 1. The molecule has 0 radical (unpaired) electrons. The zero-order valence-electron chi connectivity index (χ0n) is 12.3. The summed E-state index contributed by atoms with van der Waals surface area (Å²) < 4.78 is 5.35. The fraction of sp³-hybridized carbons (Fsp3) is 0.412. The number of Topliss-reactive ketones (excluding diaryl/α,β-unsaturated/α-hetero) is 2. The third-order valence-electron chi connectivity index (χ3n) is 4.96. The number of rotatable bonds is 3. The second kappa shape index (κ2) is 4.12. The Morgan fingerprint density at radius 1 is 1.19 bits per heavy atom. The van der Waals surface area contributed by atoms with E-state index in [1.807, 2.05) is 44.2 Å². The summed E-state index contributed by atoms with van der Waals surface area (Å²) in [6, 6.07) is 9.23. The van der Waals surface area contributed by atoms with Crippen molar-refractivity contribution in [1.29, 1.82) is 0 Å². The molecule has 0 heterocycles. The van der Waals surface area contributed by atoms with Crippen molar-refractivity contribution in [1.82, 2.24) is 0 Å². The van der Waals surface area contributed by atoms with Crippen LogP contribution in [0, 0.1) is 11.3 Å². The number of ketones is 2. The average Bonchev–Trinajstić information content (AvgIpc) is 2.93. The van der Waals surface area contributed by atoms with Crippen LogP contribution in [-0.2, 0) is 14.3 Å². The molecule has 110 valence electrons. The van der Waals surface area contributed by atoms with Gasteiger partial charge in [-0.05, 0) is 11.6 Å². The number of carbonyl (C=O) groups excluding carboxylic acids is 2. The van der Waals surface area contributed by atoms with Crippen molar-refractivity contribution < 1.29 is 19.4 Å². The monoisotopic (exact) mass is 286 g/mol. The SMILES string of the molecule is COC12C(=O)C(O)(/C=C/c3ccccc3)C(=O)C1C2(C)C. The Hall–Kier alpha value is -1.78. The van der Waals surface area contributed by atoms with E-state index < -0.39 is 34.1 Å². The van der Waals surface area contributed by atoms with Crippen molar-refractivity contribution in [2.24, 2.45) is 11.3 Å². The van der Waals surface area contributed by atoms with E-state index in [9.17, 15) is 14.7 Å². The molecule has 2 fully saturated rings. The molecule has 2 saturated carbocycles. The zero-order valence-corrected chi connectivity index (χ0v) is 12.3. The van der Waals surface area contributed by atoms with Crippen LogP contribution in [0.5, 0.6) is 0 Å². The number of methoxy groups -OCH3 is 1. The summed E-state index contributed by atoms with van der Waals surface area (Å²) in [6.45, 7) is 3.63. The van der Waals surface area contributed by atoms with E-state index in [0.717, 1.165) is 5.56 Å². The van der Waals surface area contributed by atoms with E-state index in [-0.39, 0.29) is 0 Å². The summed E-state index contributed by atoms with van der Waals surface area (Å²) in [5.74, 6) is -1.59. The Labute approximate surface area is 123 Å². The first-order valence-corrected chi connectivity index (χ1v) is 6.93. The topological polar surface area (TPSA) is 63.6 Å². The summed E-state index contributed by atoms with van der Waals surface area (Å²) in [4.78, 5) is 25.1. The minimum absolute atomic E-state index is 0.466. The molecule has 3 unspecified atom stereocenters. The van der Waals surface area contributed by atoms with Gasteiger partial charge >= 0.3 is 0 Å². The van der Waals surface area contributed by atoms with Crippen molar-refractivity contribution >= 4 is 17.6 Å². The Morgan fingerprint density at radius 2 is 1.81 bits per heavy atom. The second-order valence-electron chi connectivity index (χ2n) is 6.30. The Kier molecular flexibility index (Phi) is 2.78. The second-order valence-corrected chi connectivity index (χ2v) is 6.30. The lowest BCUT2D eigenvalue weighted by atomic mass is 9.85. The molecule has 4 heteroatoms. The van der Waals surface area contributed by atoms with Crippen LogP contribution in [0.15, 0.2) is 36.4 Å². The van der Waals surface area contributed by atoms with Crippen LogP contribution in [0.4, 0.5) is 0 Å². The van der Waals surface area contributed by atoms with Crippen molar-refractivity contribution in [3.05, 3.63) is 42.0 Å². The van der Waals surface area contributed by atoms with Gasteiger partial charge in [-0.3, -0.25) is 9.59 Å². The van der Waals surface area contributed by atoms with E-state index >= 15 is 0 Å². The van der Waals surface area contributed by atoms with Crippen LogP contribution in [0.1, 0.15) is 19.4 Å². The molecule has 2 aliphatic carbocycles. The van der Waals surface area contributed by atoms with Gasteiger partial charge in [0, 0.05) is 12.5 Å². The van der Waals surface area contributed by atoms with Gasteiger partial charge in [-0.1, -0.05) is 50.3 Å². The largest absolute Gasteiger partial charge is 0.371 e. The first-order chi connectivity index (χ1) is 9.82. The van der Waals surface area contributed by atoms with Crippen molar-refractivity contribution in [3.63, 3.8) is 0 Å². The van der Waals surface area contributed by atoms with Crippen LogP contribution in [0.25, 0.3) is 6.08 Å². The van der Waals surface area contributed by atoms with Gasteiger partial charge in [-0.15, -0.1) is 0 Å². The molecule has 1 aromatic rings. The minimum atomic E-state index is -2.08. The van der Waals surface area contributed by atoms with E-state index in [0.29, 0.717) is 0 Å². The van der Waals surface area contributed by atoms with Crippen LogP contribution in [-0.4, -0.2) is 35.0 Å². The lowest BCUT2D eigenvalue weighted by Gasteiger charge is -2.24. The highest BCUT2D eigenvalue weighted by atomic mass is 16.5. The minimum Gasteiger partial charge on any atom is -0.371 e. The van der Waals surface area contributed by atoms with Gasteiger partial charge in [0.25, 0.3) is 0 Å². The van der Waals surface area contributed by atoms with E-state index in [1.165, 1.54) is 13.2 Å². The molecular weight excluding hydrogens is 268 g/mol. The lowest BCUT2D eigenvalue weighted by Crippen LogP contribution is -2.48. The molecule has 4 nitrogen and oxygen atoms in total. The van der Waals surface area contributed by atoms with E-state index in [2.05, 4.69) is 0 Å². The molecule has 3 atom stereocenters. The number of carbonyl (C=O) groups is 2. The molecule has 0 bridgehead atoms. The van der Waals surface area contributed by atoms with Gasteiger partial charge in [-0.25, -0.2) is 0 Å². The smallest absolute Gasteiger partial charge is 0.209 e. The summed E-state index contributed by atoms with van der Waals surface area (Å²) >= 11 is 0. The normalized spacial score (nSPS) is 37.0. The predicted molar refractivity (Wildman–Crippen MR) is 77.5 cm³/mol. The third kappa shape index (κ3) is 1.52. The Bertz CT molecular complexity index is 646. The predicted octanol–water partition coefficient (Wildman–Crippen LogP) is 1.62. The molecular formula is C17H18O4. The van der Waals surface area contributed by atoms with Gasteiger partial charge < -0.3 is 9.84 Å². The fourth-order valence-corrected chi connectivity index (χ4v) is 3.69. The highest BCUT2D eigenvalue weighted by Crippen LogP contribution is 2.70. The van der Waals surface area contributed by atoms with Crippen LogP contribution >= 0.6 is 0 Å². The number of aliphatic hydroxyl groups is 1. The van der Waals surface area contributed by atoms with Crippen molar-refractivity contribution in [2.45, 2.75) is 25.0 Å². The molecule has 0 aliphatic heterocycles. The molecule has 2 aliphatic rings. The highest BCUT2D eigenvalue weighted by molar-refractivity contribution is 6.28. The maximum absolute atomic E-state index is 12.6. The summed E-state index contributed by atoms with van der Waals surface area (Å²) in [7, 11) is 1.42. The zero-order chi connectivity index (χ0) is 15.5. The van der Waals surface area contributed by atoms with Gasteiger partial charge in [0.05, 0.1) is 5.92 Å². The fourth-order valence-electron chi connectivity index (χ4n) is 3.69. The Balaban J connectivity index is 1.96. The van der Waals surface area contributed by atoms with Gasteiger partial charge in [0.1, 0.15) is 5.60 Å². The van der Waals surface area contributed by atoms with Crippen LogP contribution in [0.2, 0.25) is 0 Å². The summed E-state index contributed by atoms with van der Waals surface area (Å²) in [5.41, 5.74) is -2.99. The first kappa shape index (κ1) is 14.2. The van der Waals surface area contributed by atoms with E-state index in [4.69, 9.17) is 4.74 Å². The quantitative estimate of drug-likeness (QED) is 0.858. The maximum atomic E-state index is 12.6. The summed E-state index contributed by atoms with van der Waals surface area (Å²) in [5, 5.41) is 10.6. The summed E-state index contributed by atoms with van der Waals surface area (Å²) in [6.07, 6.45) is 2.88. The van der Waals surface area contributed by atoms with Crippen LogP contribution < -0.4 is 0 Å². The average molecular weight is 286 g/mol. The van der Waals surface area contributed by atoms with Crippen molar-refractivity contribution in [2.75, 3.05) is 7.11 Å². The molecule has 0 aromatic heterocycles. The standard InChI is InChI=1S/C17H18O4/c1-15(2)12-13(18)16(20,14(19)17(12,15)21-3)10-9-11-7-5-4-6-8-11/h4-10,12,20H,1-3H3/b10-9+. The van der Waals surface area contributed by atoms with Gasteiger partial charge in [0.2, 0.25) is 11.4 Å². The van der Waals surface area contributed by atoms with Crippen LogP contribution in [0.3, 0.4) is 0 Å². The number of hydrogen-bond donors (Lipinski definition) is 1. The van der Waals surface area contributed by atoms with Crippen molar-refractivity contribution in [3.8, 4) is 0 Å².